The molecular formula is C9H7Cl2N3S2. The van der Waals surface area contributed by atoms with Crippen LogP contribution in [0.4, 0.5) is 5.13 Å². The van der Waals surface area contributed by atoms with Crippen molar-refractivity contribution in [3.63, 3.8) is 0 Å². The average Bonchev–Trinajstić information content (AvgIpc) is 2.63. The second-order valence-electron chi connectivity index (χ2n) is 2.87. The van der Waals surface area contributed by atoms with E-state index < -0.39 is 0 Å². The highest BCUT2D eigenvalue weighted by atomic mass is 35.5. The van der Waals surface area contributed by atoms with Crippen LogP contribution < -0.4 is 5.73 Å². The number of thioether (sulfide) groups is 1. The molecule has 1 aromatic heterocycles. The van der Waals surface area contributed by atoms with Gasteiger partial charge in [-0.05, 0) is 12.1 Å². The van der Waals surface area contributed by atoms with Crippen molar-refractivity contribution in [3.8, 4) is 0 Å². The van der Waals surface area contributed by atoms with E-state index in [0.29, 0.717) is 20.9 Å². The number of benzene rings is 1. The normalized spacial score (nSPS) is 10.6. The number of nitrogens with two attached hydrogens (primary N) is 1. The van der Waals surface area contributed by atoms with Gasteiger partial charge in [-0.25, -0.2) is 0 Å². The fraction of sp³-hybridized carbons (Fsp3) is 0.111. The molecule has 2 aromatic rings. The van der Waals surface area contributed by atoms with Crippen LogP contribution in [-0.2, 0) is 5.75 Å². The van der Waals surface area contributed by atoms with Gasteiger partial charge in [0.1, 0.15) is 5.01 Å². The molecular weight excluding hydrogens is 285 g/mol. The van der Waals surface area contributed by atoms with E-state index in [1.54, 1.807) is 0 Å². The molecule has 0 atom stereocenters. The van der Waals surface area contributed by atoms with Crippen LogP contribution in [0.1, 0.15) is 5.01 Å². The molecule has 2 rings (SSSR count). The van der Waals surface area contributed by atoms with Gasteiger partial charge in [0, 0.05) is 4.90 Å². The van der Waals surface area contributed by atoms with Crippen LogP contribution in [0.2, 0.25) is 10.0 Å². The Bertz CT molecular complexity index is 481. The lowest BCUT2D eigenvalue weighted by Crippen LogP contribution is -1.82. The van der Waals surface area contributed by atoms with Gasteiger partial charge in [0.05, 0.1) is 15.8 Å². The number of nitrogens with zero attached hydrogens (tertiary/aromatic N) is 2. The molecule has 16 heavy (non-hydrogen) atoms. The highest BCUT2D eigenvalue weighted by Crippen LogP contribution is 2.36. The molecule has 1 aromatic carbocycles. The second-order valence-corrected chi connectivity index (χ2v) is 5.77. The lowest BCUT2D eigenvalue weighted by atomic mass is 10.4. The molecule has 3 nitrogen and oxygen atoms in total. The monoisotopic (exact) mass is 291 g/mol. The summed E-state index contributed by atoms with van der Waals surface area (Å²) in [6.45, 7) is 0. The van der Waals surface area contributed by atoms with Gasteiger partial charge in [-0.3, -0.25) is 0 Å². The first-order chi connectivity index (χ1) is 7.66. The summed E-state index contributed by atoms with van der Waals surface area (Å²) in [5.41, 5.74) is 5.49. The van der Waals surface area contributed by atoms with Crippen LogP contribution >= 0.6 is 46.3 Å². The number of halogens is 2. The fourth-order valence-electron chi connectivity index (χ4n) is 1.08. The predicted molar refractivity (Wildman–Crippen MR) is 70.3 cm³/mol. The molecule has 0 amide bonds. The lowest BCUT2D eigenvalue weighted by molar-refractivity contribution is 1.05. The zero-order chi connectivity index (χ0) is 11.5. The van der Waals surface area contributed by atoms with Crippen LogP contribution in [0.3, 0.4) is 0 Å². The Morgan fingerprint density at radius 1 is 1.25 bits per heavy atom. The largest absolute Gasteiger partial charge is 0.374 e. The van der Waals surface area contributed by atoms with E-state index in [2.05, 4.69) is 10.2 Å². The molecule has 0 saturated carbocycles. The first-order valence-corrected chi connectivity index (χ1v) is 6.87. The molecule has 2 N–H and O–H groups in total. The highest BCUT2D eigenvalue weighted by molar-refractivity contribution is 7.98. The topological polar surface area (TPSA) is 51.8 Å². The van der Waals surface area contributed by atoms with Crippen molar-refractivity contribution in [1.29, 1.82) is 0 Å². The maximum absolute atomic E-state index is 6.04. The van der Waals surface area contributed by atoms with Crippen molar-refractivity contribution in [3.05, 3.63) is 33.3 Å². The number of rotatable bonds is 3. The van der Waals surface area contributed by atoms with Gasteiger partial charge in [0.2, 0.25) is 5.13 Å². The van der Waals surface area contributed by atoms with E-state index in [0.717, 1.165) is 9.90 Å². The molecule has 7 heteroatoms. The van der Waals surface area contributed by atoms with Crippen LogP contribution in [-0.4, -0.2) is 10.2 Å². The summed E-state index contributed by atoms with van der Waals surface area (Å²) in [6.07, 6.45) is 0. The summed E-state index contributed by atoms with van der Waals surface area (Å²) in [5.74, 6) is 0.665. The number of hydrogen-bond donors (Lipinski definition) is 1. The van der Waals surface area contributed by atoms with Crippen LogP contribution in [0.15, 0.2) is 23.1 Å². The molecule has 0 saturated heterocycles. The zero-order valence-electron chi connectivity index (χ0n) is 7.98. The number of nitrogen functional groups attached to an aromatic ring is 1. The summed E-state index contributed by atoms with van der Waals surface area (Å²) >= 11 is 15.0. The SMILES string of the molecule is Nc1nnc(CSc2c(Cl)cccc2Cl)s1. The van der Waals surface area contributed by atoms with E-state index in [1.807, 2.05) is 18.2 Å². The molecule has 1 heterocycles. The number of hydrogen-bond acceptors (Lipinski definition) is 5. The minimum atomic E-state index is 0.473. The summed E-state index contributed by atoms with van der Waals surface area (Å²) in [4.78, 5) is 0.861. The van der Waals surface area contributed by atoms with Crippen molar-refractivity contribution in [2.45, 2.75) is 10.6 Å². The van der Waals surface area contributed by atoms with Gasteiger partial charge in [-0.15, -0.1) is 22.0 Å². The molecule has 0 spiro atoms. The first-order valence-electron chi connectivity index (χ1n) is 4.31. The van der Waals surface area contributed by atoms with Crippen molar-refractivity contribution < 1.29 is 0 Å². The first kappa shape index (κ1) is 12.0. The van der Waals surface area contributed by atoms with Crippen molar-refractivity contribution in [2.24, 2.45) is 0 Å². The van der Waals surface area contributed by atoms with E-state index in [4.69, 9.17) is 28.9 Å². The van der Waals surface area contributed by atoms with Crippen molar-refractivity contribution >= 4 is 51.4 Å². The van der Waals surface area contributed by atoms with Gasteiger partial charge in [-0.2, -0.15) is 0 Å². The van der Waals surface area contributed by atoms with Gasteiger partial charge >= 0.3 is 0 Å². The quantitative estimate of drug-likeness (QED) is 0.876. The van der Waals surface area contributed by atoms with Gasteiger partial charge in [-0.1, -0.05) is 40.6 Å². The van der Waals surface area contributed by atoms with E-state index >= 15 is 0 Å². The third-order valence-electron chi connectivity index (χ3n) is 1.74. The lowest BCUT2D eigenvalue weighted by Gasteiger charge is -2.04. The molecule has 0 fully saturated rings. The van der Waals surface area contributed by atoms with Crippen molar-refractivity contribution in [2.75, 3.05) is 5.73 Å². The summed E-state index contributed by atoms with van der Waals surface area (Å²) in [5, 5.41) is 10.3. The summed E-state index contributed by atoms with van der Waals surface area (Å²) < 4.78 is 0. The Kier molecular flexibility index (Phi) is 3.91. The molecule has 0 aliphatic carbocycles. The van der Waals surface area contributed by atoms with E-state index in [1.165, 1.54) is 23.1 Å². The Labute approximate surface area is 111 Å². The summed E-state index contributed by atoms with van der Waals surface area (Å²) in [7, 11) is 0. The Balaban J connectivity index is 2.10. The highest BCUT2D eigenvalue weighted by Gasteiger charge is 2.08. The van der Waals surface area contributed by atoms with Gasteiger partial charge < -0.3 is 5.73 Å². The predicted octanol–water partition coefficient (Wildman–Crippen LogP) is 3.72. The third kappa shape index (κ3) is 2.79. The maximum Gasteiger partial charge on any atom is 0.203 e. The fourth-order valence-corrected chi connectivity index (χ4v) is 3.36. The standard InChI is InChI=1S/C9H7Cl2N3S2/c10-5-2-1-3-6(11)8(5)15-4-7-13-14-9(12)16-7/h1-3H,4H2,(H2,12,14). The van der Waals surface area contributed by atoms with Crippen LogP contribution in [0.5, 0.6) is 0 Å². The van der Waals surface area contributed by atoms with E-state index in [-0.39, 0.29) is 0 Å². The van der Waals surface area contributed by atoms with Gasteiger partial charge in [0.25, 0.3) is 0 Å². The molecule has 0 unspecified atom stereocenters. The molecule has 84 valence electrons. The Morgan fingerprint density at radius 2 is 1.94 bits per heavy atom. The minimum absolute atomic E-state index is 0.473. The molecule has 0 aliphatic rings. The van der Waals surface area contributed by atoms with Crippen molar-refractivity contribution in [1.82, 2.24) is 10.2 Å². The van der Waals surface area contributed by atoms with Crippen LogP contribution in [0, 0.1) is 0 Å². The van der Waals surface area contributed by atoms with Crippen LogP contribution in [0.25, 0.3) is 0 Å². The van der Waals surface area contributed by atoms with E-state index in [9.17, 15) is 0 Å². The average molecular weight is 292 g/mol. The smallest absolute Gasteiger partial charge is 0.203 e. The molecule has 0 aliphatic heterocycles. The van der Waals surface area contributed by atoms with Gasteiger partial charge in [0.15, 0.2) is 0 Å². The summed E-state index contributed by atoms with van der Waals surface area (Å²) in [6, 6.07) is 5.44. The minimum Gasteiger partial charge on any atom is -0.374 e. The zero-order valence-corrected chi connectivity index (χ0v) is 11.1. The third-order valence-corrected chi connectivity index (χ3v) is 4.68. The second kappa shape index (κ2) is 5.23. The Hall–Kier alpha value is -0.490. The number of aromatic nitrogens is 2. The molecule has 0 radical (unpaired) electrons. The number of anilines is 1. The Morgan fingerprint density at radius 3 is 2.50 bits per heavy atom. The maximum atomic E-state index is 6.04. The molecule has 0 bridgehead atoms.